The highest BCUT2D eigenvalue weighted by atomic mass is 79.9. The molecule has 1 fully saturated rings. The Bertz CT molecular complexity index is 1660. The SMILES string of the molecule is O=C1c2ccccc2C(=O)N1C[C@@H]1[C@H](c2ccc(Br)cc2)[C@@H]2CN(S(=O)(=O)c3ccccc3[N+](=O)[O-])C/C=C\CN12. The quantitative estimate of drug-likeness (QED) is 0.173. The number of imide groups is 1. The number of para-hydroxylation sites is 1. The van der Waals surface area contributed by atoms with Gasteiger partial charge in [-0.15, -0.1) is 0 Å². The van der Waals surface area contributed by atoms with Crippen LogP contribution in [-0.4, -0.2) is 77.5 Å². The van der Waals surface area contributed by atoms with Crippen molar-refractivity contribution in [3.8, 4) is 0 Å². The number of sulfonamides is 1. The minimum atomic E-state index is -4.22. The first-order valence-electron chi connectivity index (χ1n) is 13.0. The van der Waals surface area contributed by atoms with Crippen LogP contribution in [0.5, 0.6) is 0 Å². The van der Waals surface area contributed by atoms with Crippen molar-refractivity contribution in [2.45, 2.75) is 22.9 Å². The van der Waals surface area contributed by atoms with Crippen LogP contribution in [0.2, 0.25) is 0 Å². The summed E-state index contributed by atoms with van der Waals surface area (Å²) in [6, 6.07) is 19.3. The molecule has 0 bridgehead atoms. The van der Waals surface area contributed by atoms with E-state index in [1.807, 2.05) is 30.3 Å². The van der Waals surface area contributed by atoms with E-state index in [4.69, 9.17) is 0 Å². The Labute approximate surface area is 245 Å². The maximum Gasteiger partial charge on any atom is 0.289 e. The number of benzene rings is 3. The van der Waals surface area contributed by atoms with E-state index in [2.05, 4.69) is 20.8 Å². The number of hydrogen-bond donors (Lipinski definition) is 0. The summed E-state index contributed by atoms with van der Waals surface area (Å²) in [5.74, 6) is -0.888. The first-order valence-corrected chi connectivity index (χ1v) is 15.3. The molecule has 2 amide bonds. The number of carbonyl (C=O) groups is 2. The Morgan fingerprint density at radius 2 is 1.49 bits per heavy atom. The highest BCUT2D eigenvalue weighted by Gasteiger charge is 2.52. The molecule has 10 nitrogen and oxygen atoms in total. The summed E-state index contributed by atoms with van der Waals surface area (Å²) in [6.45, 7) is 0.798. The molecule has 0 spiro atoms. The van der Waals surface area contributed by atoms with Gasteiger partial charge in [0, 0.05) is 54.7 Å². The lowest BCUT2D eigenvalue weighted by atomic mass is 9.74. The van der Waals surface area contributed by atoms with E-state index in [9.17, 15) is 28.1 Å². The summed E-state index contributed by atoms with van der Waals surface area (Å²) in [6.07, 6.45) is 3.59. The van der Waals surface area contributed by atoms with Crippen molar-refractivity contribution < 1.29 is 22.9 Å². The second-order valence-corrected chi connectivity index (χ2v) is 13.0. The molecule has 3 atom stereocenters. The number of nitro benzene ring substituents is 1. The van der Waals surface area contributed by atoms with Gasteiger partial charge >= 0.3 is 0 Å². The topological polar surface area (TPSA) is 121 Å². The third-order valence-corrected chi connectivity index (χ3v) is 10.5. The first-order chi connectivity index (χ1) is 19.7. The van der Waals surface area contributed by atoms with Gasteiger partial charge in [-0.1, -0.05) is 64.5 Å². The number of carbonyl (C=O) groups excluding carboxylic acids is 2. The minimum Gasteiger partial charge on any atom is -0.289 e. The predicted octanol–water partition coefficient (Wildman–Crippen LogP) is 4.05. The Balaban J connectivity index is 1.35. The molecular formula is C29H25BrN4O6S. The second-order valence-electron chi connectivity index (χ2n) is 10.2. The fraction of sp³-hybridized carbons (Fsp3) is 0.241. The summed E-state index contributed by atoms with van der Waals surface area (Å²) in [5, 5.41) is 11.6. The molecule has 0 unspecified atom stereocenters. The maximum atomic E-state index is 13.8. The lowest BCUT2D eigenvalue weighted by Crippen LogP contribution is -2.69. The molecule has 3 aromatic carbocycles. The van der Waals surface area contributed by atoms with Crippen molar-refractivity contribution >= 4 is 43.5 Å². The standard InChI is InChI=1S/C29H25BrN4O6S/c30-20-13-11-19(12-14-20)27-24-17-31(41(39,40)26-10-4-3-9-23(26)34(37)38)15-5-6-16-32(24)25(27)18-33-28(35)21-7-1-2-8-22(21)29(33)36/h1-14,24-25,27H,15-18H2/b6-5-/t24-,25+,27+/m0/s1. The number of nitrogens with zero attached hydrogens (tertiary/aromatic N) is 4. The van der Waals surface area contributed by atoms with E-state index >= 15 is 0 Å². The third kappa shape index (κ3) is 4.70. The van der Waals surface area contributed by atoms with Gasteiger partial charge in [-0.2, -0.15) is 4.31 Å². The Morgan fingerprint density at radius 1 is 0.878 bits per heavy atom. The van der Waals surface area contributed by atoms with E-state index in [-0.39, 0.29) is 54.3 Å². The first kappa shape index (κ1) is 27.5. The monoisotopic (exact) mass is 636 g/mol. The molecule has 210 valence electrons. The Morgan fingerprint density at radius 3 is 2.15 bits per heavy atom. The van der Waals surface area contributed by atoms with Crippen LogP contribution >= 0.6 is 15.9 Å². The van der Waals surface area contributed by atoms with Crippen LogP contribution in [0.4, 0.5) is 5.69 Å². The predicted molar refractivity (Wildman–Crippen MR) is 154 cm³/mol. The lowest BCUT2D eigenvalue weighted by Gasteiger charge is -2.57. The molecule has 6 rings (SSSR count). The van der Waals surface area contributed by atoms with Crippen molar-refractivity contribution in [3.05, 3.63) is 116 Å². The van der Waals surface area contributed by atoms with Crippen molar-refractivity contribution in [3.63, 3.8) is 0 Å². The number of hydrogen-bond acceptors (Lipinski definition) is 7. The van der Waals surface area contributed by atoms with Gasteiger partial charge in [-0.25, -0.2) is 8.42 Å². The molecule has 0 saturated carbocycles. The number of nitro groups is 1. The number of halogens is 1. The molecule has 3 heterocycles. The van der Waals surface area contributed by atoms with E-state index in [0.717, 1.165) is 10.0 Å². The molecule has 1 saturated heterocycles. The van der Waals surface area contributed by atoms with Crippen LogP contribution in [0.15, 0.2) is 94.3 Å². The molecule has 0 radical (unpaired) electrons. The zero-order valence-electron chi connectivity index (χ0n) is 21.7. The molecule has 12 heteroatoms. The summed E-state index contributed by atoms with van der Waals surface area (Å²) in [7, 11) is -4.22. The summed E-state index contributed by atoms with van der Waals surface area (Å²) in [4.78, 5) is 40.4. The lowest BCUT2D eigenvalue weighted by molar-refractivity contribution is -0.387. The van der Waals surface area contributed by atoms with Crippen molar-refractivity contribution in [2.24, 2.45) is 0 Å². The van der Waals surface area contributed by atoms with Crippen molar-refractivity contribution in [1.82, 2.24) is 14.1 Å². The zero-order valence-corrected chi connectivity index (χ0v) is 24.1. The molecule has 0 aromatic heterocycles. The summed E-state index contributed by atoms with van der Waals surface area (Å²) < 4.78 is 29.7. The molecule has 3 aliphatic heterocycles. The molecular weight excluding hydrogens is 612 g/mol. The Kier molecular flexibility index (Phi) is 7.10. The second kappa shape index (κ2) is 10.6. The van der Waals surface area contributed by atoms with Gasteiger partial charge in [0.25, 0.3) is 17.5 Å². The van der Waals surface area contributed by atoms with Crippen LogP contribution in [0.3, 0.4) is 0 Å². The van der Waals surface area contributed by atoms with E-state index < -0.39 is 20.6 Å². The van der Waals surface area contributed by atoms with Crippen LogP contribution in [0.1, 0.15) is 32.2 Å². The van der Waals surface area contributed by atoms with Gasteiger partial charge in [0.05, 0.1) is 16.1 Å². The molecule has 3 aromatic rings. The largest absolute Gasteiger partial charge is 0.289 e. The normalized spacial score (nSPS) is 23.7. The molecule has 41 heavy (non-hydrogen) atoms. The highest BCUT2D eigenvalue weighted by Crippen LogP contribution is 2.44. The average Bonchev–Trinajstić information content (AvgIpc) is 3.19. The number of amides is 2. The molecule has 0 aliphatic carbocycles. The van der Waals surface area contributed by atoms with Crippen molar-refractivity contribution in [1.29, 1.82) is 0 Å². The van der Waals surface area contributed by atoms with Crippen LogP contribution in [0, 0.1) is 10.1 Å². The van der Waals surface area contributed by atoms with Crippen LogP contribution < -0.4 is 0 Å². The fourth-order valence-corrected chi connectivity index (χ4v) is 7.91. The van der Waals surface area contributed by atoms with E-state index in [1.165, 1.54) is 33.5 Å². The van der Waals surface area contributed by atoms with Gasteiger partial charge in [-0.3, -0.25) is 29.5 Å². The van der Waals surface area contributed by atoms with Gasteiger partial charge in [-0.05, 0) is 35.9 Å². The van der Waals surface area contributed by atoms with Gasteiger partial charge in [0.2, 0.25) is 10.0 Å². The number of rotatable bonds is 6. The third-order valence-electron chi connectivity index (χ3n) is 8.05. The van der Waals surface area contributed by atoms with Crippen molar-refractivity contribution in [2.75, 3.05) is 26.2 Å². The number of fused-ring (bicyclic) bond motifs is 2. The molecule has 3 aliphatic rings. The van der Waals surface area contributed by atoms with Gasteiger partial charge in [0.15, 0.2) is 4.90 Å². The minimum absolute atomic E-state index is 0.0643. The van der Waals surface area contributed by atoms with Crippen LogP contribution in [-0.2, 0) is 10.0 Å². The highest BCUT2D eigenvalue weighted by molar-refractivity contribution is 9.10. The average molecular weight is 638 g/mol. The van der Waals surface area contributed by atoms with Gasteiger partial charge < -0.3 is 0 Å². The fourth-order valence-electron chi connectivity index (χ4n) is 6.08. The summed E-state index contributed by atoms with van der Waals surface area (Å²) in [5.41, 5.74) is 1.23. The smallest absolute Gasteiger partial charge is 0.289 e. The summed E-state index contributed by atoms with van der Waals surface area (Å²) >= 11 is 3.46. The van der Waals surface area contributed by atoms with E-state index in [1.54, 1.807) is 30.3 Å². The van der Waals surface area contributed by atoms with Crippen LogP contribution in [0.25, 0.3) is 0 Å². The Hall–Kier alpha value is -3.71. The van der Waals surface area contributed by atoms with Gasteiger partial charge in [0.1, 0.15) is 0 Å². The maximum absolute atomic E-state index is 13.8. The molecule has 0 N–H and O–H groups in total. The zero-order chi connectivity index (χ0) is 28.9. The van der Waals surface area contributed by atoms with E-state index in [0.29, 0.717) is 17.7 Å².